The van der Waals surface area contributed by atoms with Gasteiger partial charge in [0.2, 0.25) is 10.0 Å². The quantitative estimate of drug-likeness (QED) is 0.922. The number of nitriles is 1. The maximum absolute atomic E-state index is 12.2. The lowest BCUT2D eigenvalue weighted by molar-refractivity contribution is 0.458. The number of nitrogens with one attached hydrogen (secondary N) is 1. The molecule has 0 saturated heterocycles. The molecule has 0 heterocycles. The fourth-order valence-corrected chi connectivity index (χ4v) is 3.81. The molecule has 96 valence electrons. The van der Waals surface area contributed by atoms with Gasteiger partial charge >= 0.3 is 0 Å². The van der Waals surface area contributed by atoms with Crippen LogP contribution in [-0.4, -0.2) is 14.0 Å². The summed E-state index contributed by atoms with van der Waals surface area (Å²) < 4.78 is 27.6. The molecule has 1 fully saturated rings. The first kappa shape index (κ1) is 13.5. The van der Waals surface area contributed by atoms with Crippen molar-refractivity contribution in [3.8, 4) is 6.07 Å². The molecular formula is C12H13BrN2O2S. The van der Waals surface area contributed by atoms with Crippen molar-refractivity contribution < 1.29 is 8.42 Å². The van der Waals surface area contributed by atoms with E-state index in [2.05, 4.69) is 26.7 Å². The Bertz CT molecular complexity index is 605. The zero-order valence-corrected chi connectivity index (χ0v) is 12.3. The average molecular weight is 329 g/mol. The van der Waals surface area contributed by atoms with Gasteiger partial charge < -0.3 is 0 Å². The Balaban J connectivity index is 2.30. The summed E-state index contributed by atoms with van der Waals surface area (Å²) in [6, 6.07) is 8.52. The molecule has 1 atom stereocenters. The standard InChI is InChI=1S/C12H13BrN2O2S/c1-12(8-14,9-5-6-9)15-18(16,17)11-4-2-3-10(13)7-11/h2-4,7,9,15H,5-6H2,1H3/t12-/m0/s1. The second-order valence-corrected chi connectivity index (χ2v) is 7.25. The minimum atomic E-state index is -3.66. The maximum atomic E-state index is 12.2. The SMILES string of the molecule is C[C@@](C#N)(NS(=O)(=O)c1cccc(Br)c1)C1CC1. The number of halogens is 1. The number of hydrogen-bond donors (Lipinski definition) is 1. The first-order valence-electron chi connectivity index (χ1n) is 5.58. The molecule has 1 N–H and O–H groups in total. The Labute approximate surface area is 115 Å². The van der Waals surface area contributed by atoms with Crippen LogP contribution in [0.15, 0.2) is 33.6 Å². The van der Waals surface area contributed by atoms with Crippen LogP contribution in [0.2, 0.25) is 0 Å². The van der Waals surface area contributed by atoms with Gasteiger partial charge in [-0.3, -0.25) is 0 Å². The smallest absolute Gasteiger partial charge is 0.207 e. The molecule has 1 aromatic carbocycles. The highest BCUT2D eigenvalue weighted by Crippen LogP contribution is 2.40. The van der Waals surface area contributed by atoms with Gasteiger partial charge in [0, 0.05) is 4.47 Å². The average Bonchev–Trinajstić information content (AvgIpc) is 3.12. The summed E-state index contributed by atoms with van der Waals surface area (Å²) in [4.78, 5) is 0.166. The molecule has 6 heteroatoms. The summed E-state index contributed by atoms with van der Waals surface area (Å²) in [6.07, 6.45) is 1.79. The van der Waals surface area contributed by atoms with Gasteiger partial charge in [-0.2, -0.15) is 9.98 Å². The zero-order valence-electron chi connectivity index (χ0n) is 9.85. The molecule has 1 saturated carbocycles. The van der Waals surface area contributed by atoms with Crippen LogP contribution in [-0.2, 0) is 10.0 Å². The number of sulfonamides is 1. The molecule has 1 aliphatic rings. The van der Waals surface area contributed by atoms with Crippen molar-refractivity contribution >= 4 is 26.0 Å². The van der Waals surface area contributed by atoms with E-state index in [1.165, 1.54) is 12.1 Å². The fourth-order valence-electron chi connectivity index (χ4n) is 1.83. The van der Waals surface area contributed by atoms with Crippen molar-refractivity contribution in [2.24, 2.45) is 5.92 Å². The van der Waals surface area contributed by atoms with Crippen LogP contribution in [0.3, 0.4) is 0 Å². The molecule has 18 heavy (non-hydrogen) atoms. The van der Waals surface area contributed by atoms with Gasteiger partial charge in [-0.25, -0.2) is 8.42 Å². The van der Waals surface area contributed by atoms with Crippen molar-refractivity contribution in [1.29, 1.82) is 5.26 Å². The lowest BCUT2D eigenvalue weighted by Gasteiger charge is -2.22. The Morgan fingerprint density at radius 3 is 2.67 bits per heavy atom. The molecule has 0 amide bonds. The number of hydrogen-bond acceptors (Lipinski definition) is 3. The van der Waals surface area contributed by atoms with Gasteiger partial charge in [0.15, 0.2) is 0 Å². The van der Waals surface area contributed by atoms with Crippen LogP contribution in [0.5, 0.6) is 0 Å². The van der Waals surface area contributed by atoms with E-state index in [1.54, 1.807) is 19.1 Å². The normalized spacial score (nSPS) is 18.9. The topological polar surface area (TPSA) is 70.0 Å². The van der Waals surface area contributed by atoms with Crippen LogP contribution in [0.4, 0.5) is 0 Å². The summed E-state index contributed by atoms with van der Waals surface area (Å²) in [6.45, 7) is 1.64. The lowest BCUT2D eigenvalue weighted by atomic mass is 10.0. The lowest BCUT2D eigenvalue weighted by Crippen LogP contribution is -2.46. The predicted octanol–water partition coefficient (Wildman–Crippen LogP) is 2.42. The second kappa shape index (κ2) is 4.65. The van der Waals surface area contributed by atoms with Crippen molar-refractivity contribution in [3.05, 3.63) is 28.7 Å². The van der Waals surface area contributed by atoms with E-state index >= 15 is 0 Å². The molecule has 0 bridgehead atoms. The Morgan fingerprint density at radius 1 is 1.50 bits per heavy atom. The van der Waals surface area contributed by atoms with Crippen molar-refractivity contribution in [1.82, 2.24) is 4.72 Å². The van der Waals surface area contributed by atoms with Crippen molar-refractivity contribution in [3.63, 3.8) is 0 Å². The summed E-state index contributed by atoms with van der Waals surface area (Å²) >= 11 is 3.24. The summed E-state index contributed by atoms with van der Waals surface area (Å²) in [5.41, 5.74) is -1.01. The largest absolute Gasteiger partial charge is 0.241 e. The first-order chi connectivity index (χ1) is 8.37. The predicted molar refractivity (Wildman–Crippen MR) is 71.2 cm³/mol. The molecule has 0 aromatic heterocycles. The van der Waals surface area contributed by atoms with E-state index in [1.807, 2.05) is 0 Å². The highest BCUT2D eigenvalue weighted by atomic mass is 79.9. The van der Waals surface area contributed by atoms with Gasteiger partial charge in [-0.15, -0.1) is 0 Å². The van der Waals surface area contributed by atoms with Crippen LogP contribution in [0.25, 0.3) is 0 Å². The van der Waals surface area contributed by atoms with E-state index in [9.17, 15) is 13.7 Å². The first-order valence-corrected chi connectivity index (χ1v) is 7.86. The summed E-state index contributed by atoms with van der Waals surface area (Å²) in [7, 11) is -3.66. The van der Waals surface area contributed by atoms with Gasteiger partial charge in [0.25, 0.3) is 0 Å². The maximum Gasteiger partial charge on any atom is 0.241 e. The number of nitrogens with zero attached hydrogens (tertiary/aromatic N) is 1. The van der Waals surface area contributed by atoms with Gasteiger partial charge in [0.1, 0.15) is 5.54 Å². The van der Waals surface area contributed by atoms with Crippen molar-refractivity contribution in [2.45, 2.75) is 30.2 Å². The van der Waals surface area contributed by atoms with Gasteiger partial charge in [-0.1, -0.05) is 22.0 Å². The Hall–Kier alpha value is -0.900. The summed E-state index contributed by atoms with van der Waals surface area (Å²) in [5, 5.41) is 9.17. The fraction of sp³-hybridized carbons (Fsp3) is 0.417. The molecular weight excluding hydrogens is 316 g/mol. The van der Waals surface area contributed by atoms with Crippen LogP contribution in [0.1, 0.15) is 19.8 Å². The number of benzene rings is 1. The highest BCUT2D eigenvalue weighted by molar-refractivity contribution is 9.10. The van der Waals surface area contributed by atoms with E-state index < -0.39 is 15.6 Å². The molecule has 1 aromatic rings. The molecule has 2 rings (SSSR count). The third-order valence-electron chi connectivity index (χ3n) is 3.08. The van der Waals surface area contributed by atoms with E-state index in [0.717, 1.165) is 12.8 Å². The van der Waals surface area contributed by atoms with Crippen LogP contribution in [0, 0.1) is 17.2 Å². The van der Waals surface area contributed by atoms with E-state index in [4.69, 9.17) is 0 Å². The van der Waals surface area contributed by atoms with Gasteiger partial charge in [-0.05, 0) is 43.9 Å². The van der Waals surface area contributed by atoms with Crippen LogP contribution < -0.4 is 4.72 Å². The Kier molecular flexibility index (Phi) is 3.49. The third kappa shape index (κ3) is 2.74. The molecule has 4 nitrogen and oxygen atoms in total. The minimum Gasteiger partial charge on any atom is -0.207 e. The molecule has 0 spiro atoms. The minimum absolute atomic E-state index is 0.115. The monoisotopic (exact) mass is 328 g/mol. The van der Waals surface area contributed by atoms with E-state index in [0.29, 0.717) is 4.47 Å². The molecule has 1 aliphatic carbocycles. The van der Waals surface area contributed by atoms with E-state index in [-0.39, 0.29) is 10.8 Å². The van der Waals surface area contributed by atoms with Crippen LogP contribution >= 0.6 is 15.9 Å². The molecule has 0 unspecified atom stereocenters. The zero-order chi connectivity index (χ0) is 13.4. The summed E-state index contributed by atoms with van der Waals surface area (Å²) in [5.74, 6) is 0.115. The highest BCUT2D eigenvalue weighted by Gasteiger charge is 2.44. The molecule has 0 radical (unpaired) electrons. The third-order valence-corrected chi connectivity index (χ3v) is 5.14. The second-order valence-electron chi connectivity index (χ2n) is 4.65. The van der Waals surface area contributed by atoms with Crippen molar-refractivity contribution in [2.75, 3.05) is 0 Å². The molecule has 0 aliphatic heterocycles. The number of rotatable bonds is 4. The Morgan fingerprint density at radius 2 is 2.17 bits per heavy atom. The van der Waals surface area contributed by atoms with Gasteiger partial charge in [0.05, 0.1) is 11.0 Å².